The highest BCUT2D eigenvalue weighted by molar-refractivity contribution is 9.10. The Morgan fingerprint density at radius 3 is 2.94 bits per heavy atom. The van der Waals surface area contributed by atoms with Crippen LogP contribution in [0.5, 0.6) is 0 Å². The molecule has 0 bridgehead atoms. The number of anilines is 2. The second-order valence-electron chi connectivity index (χ2n) is 3.56. The molecule has 0 aliphatic rings. The lowest BCUT2D eigenvalue weighted by Gasteiger charge is -2.16. The van der Waals surface area contributed by atoms with Gasteiger partial charge in [0.2, 0.25) is 0 Å². The third-order valence-electron chi connectivity index (χ3n) is 2.10. The number of aromatic nitrogens is 1. The number of aryl methyl sites for hydroxylation is 1. The van der Waals surface area contributed by atoms with Crippen LogP contribution in [0.2, 0.25) is 0 Å². The average Bonchev–Trinajstić information content (AvgIpc) is 2.75. The number of nitrogens with zero attached hydrogens (tertiary/aromatic N) is 2. The van der Waals surface area contributed by atoms with E-state index < -0.39 is 0 Å². The zero-order valence-corrected chi connectivity index (χ0v) is 12.3. The van der Waals surface area contributed by atoms with Gasteiger partial charge < -0.3 is 4.52 Å². The highest BCUT2D eigenvalue weighted by atomic mass is 79.9. The van der Waals surface area contributed by atoms with Crippen molar-refractivity contribution < 1.29 is 8.81 Å². The van der Waals surface area contributed by atoms with Crippen molar-refractivity contribution in [3.8, 4) is 0 Å². The van der Waals surface area contributed by atoms with Gasteiger partial charge in [-0.25, -0.2) is 5.48 Å². The molecule has 1 N–H and O–H groups in total. The van der Waals surface area contributed by atoms with Crippen LogP contribution < -0.4 is 9.79 Å². The van der Waals surface area contributed by atoms with E-state index in [1.165, 1.54) is 0 Å². The first-order valence-corrected chi connectivity index (χ1v) is 6.66. The van der Waals surface area contributed by atoms with E-state index in [1.807, 2.05) is 42.5 Å². The number of benzene rings is 1. The van der Waals surface area contributed by atoms with Crippen molar-refractivity contribution in [1.29, 1.82) is 0 Å². The number of nitrogens with one attached hydrogen (secondary N) is 1. The Bertz CT molecular complexity index is 520. The first kappa shape index (κ1) is 13.3. The predicted octanol–water partition coefficient (Wildman–Crippen LogP) is 3.79. The number of hydrogen-bond acceptors (Lipinski definition) is 6. The Morgan fingerprint density at radius 1 is 1.44 bits per heavy atom. The lowest BCUT2D eigenvalue weighted by molar-refractivity contribution is 0.389. The van der Waals surface area contributed by atoms with Gasteiger partial charge in [0, 0.05) is 23.3 Å². The molecule has 0 amide bonds. The molecule has 0 atom stereocenters. The molecule has 0 fully saturated rings. The van der Waals surface area contributed by atoms with E-state index in [1.54, 1.807) is 6.07 Å². The van der Waals surface area contributed by atoms with Gasteiger partial charge in [-0.3, -0.25) is 4.31 Å². The van der Waals surface area contributed by atoms with Gasteiger partial charge in [0.25, 0.3) is 0 Å². The third-order valence-corrected chi connectivity index (χ3v) is 3.18. The van der Waals surface area contributed by atoms with E-state index in [9.17, 15) is 0 Å². The van der Waals surface area contributed by atoms with E-state index >= 15 is 0 Å². The minimum absolute atomic E-state index is 0.544. The van der Waals surface area contributed by atoms with Crippen molar-refractivity contribution in [3.05, 3.63) is 40.6 Å². The molecule has 2 aromatic rings. The zero-order chi connectivity index (χ0) is 13.0. The molecule has 1 aromatic heterocycles. The molecule has 18 heavy (non-hydrogen) atoms. The molecule has 2 rings (SSSR count). The van der Waals surface area contributed by atoms with Crippen LogP contribution in [0.25, 0.3) is 0 Å². The van der Waals surface area contributed by atoms with Gasteiger partial charge in [0.15, 0.2) is 5.82 Å². The molecule has 0 unspecified atom stereocenters. The molecule has 0 radical (unpaired) electrons. The van der Waals surface area contributed by atoms with Crippen molar-refractivity contribution in [1.82, 2.24) is 5.16 Å². The summed E-state index contributed by atoms with van der Waals surface area (Å²) in [6.07, 6.45) is 0. The molecular formula is C11H12BrN3O2S. The average molecular weight is 330 g/mol. The lowest BCUT2D eigenvalue weighted by Crippen LogP contribution is -2.09. The molecule has 0 aliphatic carbocycles. The van der Waals surface area contributed by atoms with E-state index in [-0.39, 0.29) is 0 Å². The smallest absolute Gasteiger partial charge is 0.194 e. The van der Waals surface area contributed by atoms with Gasteiger partial charge in [-0.15, -0.1) is 0 Å². The standard InChI is InChI=1S/C11H12BrN3O2S/c1-8-6-11(13-16-8)14-17-18-15(2)10-5-3-4-9(12)7-10/h3-7H,1-2H3,(H,13,14). The van der Waals surface area contributed by atoms with Crippen molar-refractivity contribution in [2.75, 3.05) is 16.8 Å². The second-order valence-corrected chi connectivity index (χ2v) is 5.34. The molecule has 0 saturated carbocycles. The van der Waals surface area contributed by atoms with Gasteiger partial charge in [0.1, 0.15) is 18.0 Å². The van der Waals surface area contributed by atoms with Gasteiger partial charge in [0.05, 0.1) is 0 Å². The summed E-state index contributed by atoms with van der Waals surface area (Å²) in [6.45, 7) is 1.82. The number of hydrogen-bond donors (Lipinski definition) is 1. The van der Waals surface area contributed by atoms with Crippen LogP contribution in [0, 0.1) is 6.92 Å². The minimum Gasteiger partial charge on any atom is -0.359 e. The molecule has 0 saturated heterocycles. The number of halogens is 1. The number of rotatable bonds is 5. The molecule has 5 nitrogen and oxygen atoms in total. The van der Waals surface area contributed by atoms with Crippen LogP contribution in [0.4, 0.5) is 11.5 Å². The minimum atomic E-state index is 0.544. The predicted molar refractivity (Wildman–Crippen MR) is 76.1 cm³/mol. The highest BCUT2D eigenvalue weighted by Crippen LogP contribution is 2.24. The monoisotopic (exact) mass is 329 g/mol. The normalized spacial score (nSPS) is 10.4. The molecule has 0 aliphatic heterocycles. The van der Waals surface area contributed by atoms with Crippen molar-refractivity contribution in [3.63, 3.8) is 0 Å². The van der Waals surface area contributed by atoms with Crippen molar-refractivity contribution in [2.24, 2.45) is 0 Å². The summed E-state index contributed by atoms with van der Waals surface area (Å²) < 4.78 is 13.0. The van der Waals surface area contributed by atoms with Gasteiger partial charge >= 0.3 is 0 Å². The van der Waals surface area contributed by atoms with Crippen LogP contribution >= 0.6 is 28.2 Å². The Morgan fingerprint density at radius 2 is 2.28 bits per heavy atom. The summed E-state index contributed by atoms with van der Waals surface area (Å²) in [5, 5.41) is 3.75. The van der Waals surface area contributed by atoms with E-state index in [0.717, 1.165) is 28.1 Å². The molecule has 1 heterocycles. The molecule has 1 aromatic carbocycles. The summed E-state index contributed by atoms with van der Waals surface area (Å²) >= 11 is 4.59. The van der Waals surface area contributed by atoms with E-state index in [2.05, 4.69) is 26.6 Å². The maximum absolute atomic E-state index is 5.24. The fraction of sp³-hybridized carbons (Fsp3) is 0.182. The Labute approximate surface area is 118 Å². The largest absolute Gasteiger partial charge is 0.359 e. The van der Waals surface area contributed by atoms with Crippen LogP contribution in [0.3, 0.4) is 0 Å². The summed E-state index contributed by atoms with van der Waals surface area (Å²) in [7, 11) is 1.90. The third kappa shape index (κ3) is 3.66. The Hall–Kier alpha value is -1.18. The topological polar surface area (TPSA) is 50.5 Å². The molecule has 96 valence electrons. The van der Waals surface area contributed by atoms with Crippen LogP contribution in [0.15, 0.2) is 39.3 Å². The van der Waals surface area contributed by atoms with Gasteiger partial charge in [-0.05, 0) is 25.1 Å². The summed E-state index contributed by atoms with van der Waals surface area (Å²) in [4.78, 5) is 0. The lowest BCUT2D eigenvalue weighted by atomic mass is 10.3. The van der Waals surface area contributed by atoms with Crippen molar-refractivity contribution >= 4 is 39.7 Å². The Kier molecular flexibility index (Phi) is 4.51. The van der Waals surface area contributed by atoms with Crippen LogP contribution in [0.1, 0.15) is 5.76 Å². The summed E-state index contributed by atoms with van der Waals surface area (Å²) in [6, 6.07) is 9.67. The first-order chi connectivity index (χ1) is 8.65. The molecular weight excluding hydrogens is 318 g/mol. The van der Waals surface area contributed by atoms with E-state index in [0.29, 0.717) is 5.82 Å². The Balaban J connectivity index is 1.83. The second kappa shape index (κ2) is 6.12. The van der Waals surface area contributed by atoms with Gasteiger partial charge in [-0.1, -0.05) is 27.2 Å². The van der Waals surface area contributed by atoms with Crippen molar-refractivity contribution in [2.45, 2.75) is 6.92 Å². The van der Waals surface area contributed by atoms with E-state index in [4.69, 9.17) is 8.81 Å². The molecule has 0 spiro atoms. The summed E-state index contributed by atoms with van der Waals surface area (Å²) in [5.41, 5.74) is 3.71. The maximum Gasteiger partial charge on any atom is 0.194 e. The van der Waals surface area contributed by atoms with Crippen LogP contribution in [-0.4, -0.2) is 12.2 Å². The zero-order valence-electron chi connectivity index (χ0n) is 9.88. The SMILES string of the molecule is Cc1cc(NOSN(C)c2cccc(Br)c2)no1. The summed E-state index contributed by atoms with van der Waals surface area (Å²) in [5.74, 6) is 1.27. The maximum atomic E-state index is 5.24. The first-order valence-electron chi connectivity index (χ1n) is 5.17. The molecule has 7 heteroatoms. The quantitative estimate of drug-likeness (QED) is 0.511. The van der Waals surface area contributed by atoms with Gasteiger partial charge in [-0.2, -0.15) is 4.28 Å². The van der Waals surface area contributed by atoms with Crippen LogP contribution in [-0.2, 0) is 4.28 Å². The highest BCUT2D eigenvalue weighted by Gasteiger charge is 2.04. The fourth-order valence-electron chi connectivity index (χ4n) is 1.25. The fourth-order valence-corrected chi connectivity index (χ4v) is 2.07.